The predicted octanol–water partition coefficient (Wildman–Crippen LogP) is 4.59. The number of amides is 2. The number of nitrogens with zero attached hydrogens (tertiary/aromatic N) is 1. The molecule has 0 atom stereocenters. The normalized spacial score (nSPS) is 14.1. The second-order valence-corrected chi connectivity index (χ2v) is 12.4. The molecule has 0 aliphatic carbocycles. The van der Waals surface area contributed by atoms with Crippen molar-refractivity contribution in [2.75, 3.05) is 30.1 Å². The first-order valence-corrected chi connectivity index (χ1v) is 15.0. The van der Waals surface area contributed by atoms with Gasteiger partial charge < -0.3 is 11.1 Å². The Morgan fingerprint density at radius 1 is 0.975 bits per heavy atom. The number of halogens is 3. The minimum Gasteiger partial charge on any atom is -0.370 e. The van der Waals surface area contributed by atoms with Gasteiger partial charge in [0.2, 0.25) is 15.9 Å². The lowest BCUT2D eigenvalue weighted by molar-refractivity contribution is -0.118. The molecule has 4 N–H and O–H groups in total. The number of anilines is 1. The van der Waals surface area contributed by atoms with E-state index >= 15 is 0 Å². The first-order chi connectivity index (χ1) is 19.0. The van der Waals surface area contributed by atoms with Gasteiger partial charge in [-0.25, -0.2) is 12.8 Å². The summed E-state index contributed by atoms with van der Waals surface area (Å²) < 4.78 is 42.5. The van der Waals surface area contributed by atoms with E-state index in [9.17, 15) is 22.4 Å². The van der Waals surface area contributed by atoms with Gasteiger partial charge in [0.25, 0.3) is 5.91 Å². The summed E-state index contributed by atoms with van der Waals surface area (Å²) >= 11 is 12.2. The van der Waals surface area contributed by atoms with Crippen LogP contribution >= 0.6 is 23.2 Å². The lowest BCUT2D eigenvalue weighted by Gasteiger charge is -2.44. The topological polar surface area (TPSA) is 122 Å². The van der Waals surface area contributed by atoms with Gasteiger partial charge in [-0.2, -0.15) is 0 Å². The highest BCUT2D eigenvalue weighted by Gasteiger charge is 2.36. The van der Waals surface area contributed by atoms with Crippen LogP contribution in [0.2, 0.25) is 10.0 Å². The molecule has 0 aromatic heterocycles. The van der Waals surface area contributed by atoms with Gasteiger partial charge in [0, 0.05) is 47.6 Å². The van der Waals surface area contributed by atoms with Gasteiger partial charge >= 0.3 is 0 Å². The highest BCUT2D eigenvalue weighted by molar-refractivity contribution is 7.92. The average molecular weight is 608 g/mol. The molecule has 0 spiro atoms. The quantitative estimate of drug-likeness (QED) is 0.260. The molecule has 3 aromatic rings. The molecular weight excluding hydrogens is 578 g/mol. The number of nitrogens with two attached hydrogens (primary N) is 1. The van der Waals surface area contributed by atoms with Crippen molar-refractivity contribution in [3.05, 3.63) is 99.3 Å². The summed E-state index contributed by atoms with van der Waals surface area (Å²) in [5.41, 5.74) is 7.03. The molecule has 2 amide bonds. The third kappa shape index (κ3) is 8.17. The molecule has 212 valence electrons. The largest absolute Gasteiger partial charge is 0.370 e. The Bertz CT molecular complexity index is 1420. The molecule has 0 unspecified atom stereocenters. The fourth-order valence-corrected chi connectivity index (χ4v) is 6.35. The van der Waals surface area contributed by atoms with Crippen molar-refractivity contribution < 1.29 is 22.4 Å². The van der Waals surface area contributed by atoms with Crippen molar-refractivity contribution in [2.24, 2.45) is 11.7 Å². The third-order valence-electron chi connectivity index (χ3n) is 6.50. The smallest absolute Gasteiger partial charge is 0.251 e. The Morgan fingerprint density at radius 2 is 1.55 bits per heavy atom. The molecule has 0 radical (unpaired) electrons. The molecule has 0 bridgehead atoms. The first kappa shape index (κ1) is 29.8. The van der Waals surface area contributed by atoms with Crippen LogP contribution in [-0.2, 0) is 14.8 Å². The lowest BCUT2D eigenvalue weighted by atomic mass is 9.91. The molecule has 1 aliphatic rings. The molecule has 0 saturated carbocycles. The standard InChI is InChI=1S/C28H29Cl2FN4O4S/c29-22-7-3-19(4-8-22)27(20-5-9-23(30)10-6-20)35-15-18(16-35)17-40(38,39)34-25-13-21(12-24(31)14-25)28(37)33-11-1-2-26(32)36/h3-10,12-14,18,27,34H,1-2,11,15-17H2,(H2,32,36)(H,33,37). The molecule has 3 aromatic carbocycles. The Morgan fingerprint density at radius 3 is 2.10 bits per heavy atom. The predicted molar refractivity (Wildman–Crippen MR) is 154 cm³/mol. The van der Waals surface area contributed by atoms with Gasteiger partial charge in [0.1, 0.15) is 5.82 Å². The van der Waals surface area contributed by atoms with E-state index < -0.39 is 27.7 Å². The number of carbonyl (C=O) groups is 2. The Kier molecular flexibility index (Phi) is 9.68. The summed E-state index contributed by atoms with van der Waals surface area (Å²) in [6, 6.07) is 18.3. The zero-order valence-corrected chi connectivity index (χ0v) is 23.8. The lowest BCUT2D eigenvalue weighted by Crippen LogP contribution is -2.51. The van der Waals surface area contributed by atoms with Crippen LogP contribution < -0.4 is 15.8 Å². The van der Waals surface area contributed by atoms with E-state index in [1.807, 2.05) is 48.5 Å². The number of hydrogen-bond donors (Lipinski definition) is 3. The second-order valence-electron chi connectivity index (χ2n) is 9.76. The minimum absolute atomic E-state index is 0.0413. The van der Waals surface area contributed by atoms with Crippen molar-refractivity contribution >= 4 is 50.7 Å². The third-order valence-corrected chi connectivity index (χ3v) is 8.46. The fraction of sp³-hybridized carbons (Fsp3) is 0.286. The average Bonchev–Trinajstić information content (AvgIpc) is 2.86. The van der Waals surface area contributed by atoms with Gasteiger partial charge in [0.05, 0.1) is 17.5 Å². The highest BCUT2D eigenvalue weighted by atomic mass is 35.5. The number of likely N-dealkylation sites (tertiary alicyclic amines) is 1. The summed E-state index contributed by atoms with van der Waals surface area (Å²) in [6.45, 7) is 1.22. The fourth-order valence-electron chi connectivity index (χ4n) is 4.71. The van der Waals surface area contributed by atoms with Crippen molar-refractivity contribution in [2.45, 2.75) is 18.9 Å². The molecule has 1 fully saturated rings. The van der Waals surface area contributed by atoms with E-state index in [1.165, 1.54) is 6.07 Å². The number of carbonyl (C=O) groups excluding carboxylic acids is 2. The Balaban J connectivity index is 1.39. The van der Waals surface area contributed by atoms with Crippen LogP contribution in [0.4, 0.5) is 10.1 Å². The maximum Gasteiger partial charge on any atom is 0.251 e. The summed E-state index contributed by atoms with van der Waals surface area (Å²) in [7, 11) is -3.84. The van der Waals surface area contributed by atoms with Crippen LogP contribution in [0.25, 0.3) is 0 Å². The number of rotatable bonds is 12. The number of primary amides is 1. The SMILES string of the molecule is NC(=O)CCCNC(=O)c1cc(F)cc(NS(=O)(=O)CC2CN(C(c3ccc(Cl)cc3)c3ccc(Cl)cc3)C2)c1. The maximum atomic E-state index is 14.2. The first-order valence-electron chi connectivity index (χ1n) is 12.6. The Hall–Kier alpha value is -3.18. The zero-order valence-electron chi connectivity index (χ0n) is 21.4. The molecule has 8 nitrogen and oxygen atoms in total. The minimum atomic E-state index is -3.84. The Labute approximate surface area is 242 Å². The van der Waals surface area contributed by atoms with Gasteiger partial charge in [-0.3, -0.25) is 19.2 Å². The summed E-state index contributed by atoms with van der Waals surface area (Å²) in [5, 5.41) is 3.81. The van der Waals surface area contributed by atoms with E-state index in [0.29, 0.717) is 29.6 Å². The zero-order chi connectivity index (χ0) is 28.9. The maximum absolute atomic E-state index is 14.2. The number of sulfonamides is 1. The van der Waals surface area contributed by atoms with Crippen LogP contribution in [0.1, 0.15) is 40.4 Å². The summed E-state index contributed by atoms with van der Waals surface area (Å²) in [6.07, 6.45) is 0.443. The summed E-state index contributed by atoms with van der Waals surface area (Å²) in [4.78, 5) is 25.4. The summed E-state index contributed by atoms with van der Waals surface area (Å²) in [5.74, 6) is -2.15. The number of benzene rings is 3. The van der Waals surface area contributed by atoms with E-state index in [2.05, 4.69) is 14.9 Å². The van der Waals surface area contributed by atoms with Crippen LogP contribution in [0.5, 0.6) is 0 Å². The molecule has 1 heterocycles. The van der Waals surface area contributed by atoms with Crippen molar-refractivity contribution in [3.8, 4) is 0 Å². The van der Waals surface area contributed by atoms with E-state index in [0.717, 1.165) is 23.3 Å². The molecule has 40 heavy (non-hydrogen) atoms. The van der Waals surface area contributed by atoms with E-state index in [1.54, 1.807) is 0 Å². The van der Waals surface area contributed by atoms with Crippen LogP contribution in [0, 0.1) is 11.7 Å². The molecular formula is C28H29Cl2FN4O4S. The van der Waals surface area contributed by atoms with Gasteiger partial charge in [-0.1, -0.05) is 47.5 Å². The number of nitrogens with one attached hydrogen (secondary N) is 2. The molecule has 4 rings (SSSR count). The monoisotopic (exact) mass is 606 g/mol. The van der Waals surface area contributed by atoms with E-state index in [4.69, 9.17) is 28.9 Å². The van der Waals surface area contributed by atoms with Crippen LogP contribution in [0.3, 0.4) is 0 Å². The number of hydrogen-bond acceptors (Lipinski definition) is 5. The van der Waals surface area contributed by atoms with Gasteiger partial charge in [-0.15, -0.1) is 0 Å². The molecule has 12 heteroatoms. The van der Waals surface area contributed by atoms with Crippen molar-refractivity contribution in [1.82, 2.24) is 10.2 Å². The van der Waals surface area contributed by atoms with E-state index in [-0.39, 0.29) is 41.9 Å². The highest BCUT2D eigenvalue weighted by Crippen LogP contribution is 2.36. The van der Waals surface area contributed by atoms with Crippen LogP contribution in [0.15, 0.2) is 66.7 Å². The van der Waals surface area contributed by atoms with Crippen molar-refractivity contribution in [3.63, 3.8) is 0 Å². The molecule has 1 aliphatic heterocycles. The van der Waals surface area contributed by atoms with Crippen molar-refractivity contribution in [1.29, 1.82) is 0 Å². The molecule has 1 saturated heterocycles. The van der Waals surface area contributed by atoms with Gasteiger partial charge in [0.15, 0.2) is 0 Å². The second kappa shape index (κ2) is 13.0. The van der Waals surface area contributed by atoms with Crippen LogP contribution in [-0.4, -0.2) is 50.5 Å². The van der Waals surface area contributed by atoms with Gasteiger partial charge in [-0.05, 0) is 60.0 Å².